The number of benzene rings is 3. The van der Waals surface area contributed by atoms with E-state index in [4.69, 9.17) is 0 Å². The van der Waals surface area contributed by atoms with Crippen molar-refractivity contribution in [3.8, 4) is 0 Å². The van der Waals surface area contributed by atoms with Gasteiger partial charge in [0.2, 0.25) is 11.0 Å². The van der Waals surface area contributed by atoms with Crippen molar-refractivity contribution in [2.45, 2.75) is 6.54 Å². The fourth-order valence-electron chi connectivity index (χ4n) is 2.71. The Kier molecular flexibility index (Phi) is 2.75. The Morgan fingerprint density at radius 3 is 2.60 bits per heavy atom. The second kappa shape index (κ2) is 4.73. The van der Waals surface area contributed by atoms with Crippen molar-refractivity contribution in [3.63, 3.8) is 0 Å². The van der Waals surface area contributed by atoms with Gasteiger partial charge in [-0.3, -0.25) is 0 Å². The maximum absolute atomic E-state index is 2.34. The molecule has 1 aromatic heterocycles. The highest BCUT2D eigenvalue weighted by atomic mass is 32.1. The molecule has 4 aromatic rings. The number of aromatic nitrogens is 1. The van der Waals surface area contributed by atoms with Gasteiger partial charge in [0.05, 0.1) is 0 Å². The predicted molar refractivity (Wildman–Crippen MR) is 85.1 cm³/mol. The van der Waals surface area contributed by atoms with Gasteiger partial charge >= 0.3 is 0 Å². The number of hydrogen-bond donors (Lipinski definition) is 0. The average Bonchev–Trinajstić information content (AvgIpc) is 2.91. The zero-order chi connectivity index (χ0) is 13.4. The van der Waals surface area contributed by atoms with Crippen LogP contribution in [0.2, 0.25) is 0 Å². The zero-order valence-electron chi connectivity index (χ0n) is 11.0. The topological polar surface area (TPSA) is 3.88 Å². The van der Waals surface area contributed by atoms with Crippen molar-refractivity contribution in [1.82, 2.24) is 0 Å². The number of nitrogens with zero attached hydrogens (tertiary/aromatic N) is 1. The van der Waals surface area contributed by atoms with Gasteiger partial charge < -0.3 is 0 Å². The molecule has 96 valence electrons. The molecule has 0 saturated carbocycles. The molecule has 0 aliphatic carbocycles. The average molecular weight is 276 g/mol. The van der Waals surface area contributed by atoms with Crippen LogP contribution < -0.4 is 4.57 Å². The number of para-hydroxylation sites is 1. The molecular formula is C18H14NS+. The van der Waals surface area contributed by atoms with E-state index in [1.165, 1.54) is 26.6 Å². The van der Waals surface area contributed by atoms with Gasteiger partial charge in [0.25, 0.3) is 0 Å². The smallest absolute Gasteiger partial charge is 0.184 e. The van der Waals surface area contributed by atoms with Crippen molar-refractivity contribution in [3.05, 3.63) is 77.8 Å². The van der Waals surface area contributed by atoms with E-state index in [2.05, 4.69) is 76.8 Å². The molecule has 0 fully saturated rings. The fourth-order valence-corrected chi connectivity index (χ4v) is 3.60. The Hall–Kier alpha value is -2.19. The maximum atomic E-state index is 2.34. The second-order valence-electron chi connectivity index (χ2n) is 4.96. The number of thiazole rings is 1. The lowest BCUT2D eigenvalue weighted by atomic mass is 10.0. The van der Waals surface area contributed by atoms with E-state index in [9.17, 15) is 0 Å². The van der Waals surface area contributed by atoms with E-state index in [0.29, 0.717) is 0 Å². The van der Waals surface area contributed by atoms with E-state index in [-0.39, 0.29) is 0 Å². The van der Waals surface area contributed by atoms with E-state index >= 15 is 0 Å². The Morgan fingerprint density at radius 2 is 1.60 bits per heavy atom. The predicted octanol–water partition coefficient (Wildman–Crippen LogP) is 4.39. The lowest BCUT2D eigenvalue weighted by molar-refractivity contribution is -0.657. The molecule has 0 aliphatic heterocycles. The Labute approximate surface area is 121 Å². The van der Waals surface area contributed by atoms with E-state index in [1.807, 2.05) is 0 Å². The summed E-state index contributed by atoms with van der Waals surface area (Å²) in [5, 5.41) is 2.66. The van der Waals surface area contributed by atoms with Gasteiger partial charge in [0.1, 0.15) is 4.70 Å². The number of fused-ring (bicyclic) bond motifs is 2. The van der Waals surface area contributed by atoms with E-state index in [1.54, 1.807) is 11.3 Å². The normalized spacial score (nSPS) is 11.2. The van der Waals surface area contributed by atoms with Gasteiger partial charge in [-0.25, -0.2) is 0 Å². The van der Waals surface area contributed by atoms with Crippen LogP contribution in [0.4, 0.5) is 0 Å². The molecule has 2 heteroatoms. The molecule has 1 nitrogen and oxygen atoms in total. The second-order valence-corrected chi connectivity index (χ2v) is 5.84. The first-order valence-electron chi connectivity index (χ1n) is 6.74. The molecule has 4 rings (SSSR count). The molecule has 0 saturated heterocycles. The zero-order valence-corrected chi connectivity index (χ0v) is 11.8. The number of rotatable bonds is 2. The van der Waals surface area contributed by atoms with Gasteiger partial charge in [0, 0.05) is 11.6 Å². The Bertz CT molecular complexity index is 887. The fraction of sp³-hybridized carbons (Fsp3) is 0.0556. The summed E-state index contributed by atoms with van der Waals surface area (Å²) >= 11 is 1.80. The van der Waals surface area contributed by atoms with Crippen molar-refractivity contribution in [2.75, 3.05) is 0 Å². The van der Waals surface area contributed by atoms with Crippen LogP contribution in [0, 0.1) is 0 Å². The first-order valence-corrected chi connectivity index (χ1v) is 7.62. The molecule has 0 aliphatic rings. The van der Waals surface area contributed by atoms with Gasteiger partial charge in [-0.05, 0) is 16.8 Å². The van der Waals surface area contributed by atoms with Crippen LogP contribution in [0.25, 0.3) is 21.0 Å². The standard InChI is InChI=1S/C18H14NS/c1-2-9-16-14(6-1)7-5-8-15(16)12-19-13-20-18-11-4-3-10-17(18)19/h1-11,13H,12H2/q+1. The van der Waals surface area contributed by atoms with Crippen LogP contribution in [-0.2, 0) is 6.54 Å². The first-order chi connectivity index (χ1) is 9.92. The lowest BCUT2D eigenvalue weighted by Gasteiger charge is -2.03. The minimum Gasteiger partial charge on any atom is -0.184 e. The third kappa shape index (κ3) is 1.89. The van der Waals surface area contributed by atoms with Gasteiger partial charge in [-0.15, -0.1) is 0 Å². The summed E-state index contributed by atoms with van der Waals surface area (Å²) in [4.78, 5) is 0. The quantitative estimate of drug-likeness (QED) is 0.478. The molecular weight excluding hydrogens is 262 g/mol. The molecule has 20 heavy (non-hydrogen) atoms. The summed E-state index contributed by atoms with van der Waals surface area (Å²) in [6, 6.07) is 23.7. The largest absolute Gasteiger partial charge is 0.226 e. The summed E-state index contributed by atoms with van der Waals surface area (Å²) in [6.07, 6.45) is 0. The monoisotopic (exact) mass is 276 g/mol. The summed E-state index contributed by atoms with van der Waals surface area (Å²) in [5.74, 6) is 0. The molecule has 3 aromatic carbocycles. The minimum atomic E-state index is 0.922. The van der Waals surface area contributed by atoms with Crippen molar-refractivity contribution < 1.29 is 4.57 Å². The van der Waals surface area contributed by atoms with Crippen LogP contribution in [-0.4, -0.2) is 0 Å². The Morgan fingerprint density at radius 1 is 0.800 bits per heavy atom. The molecule has 0 radical (unpaired) electrons. The van der Waals surface area contributed by atoms with Crippen LogP contribution in [0.3, 0.4) is 0 Å². The van der Waals surface area contributed by atoms with Gasteiger partial charge in [-0.1, -0.05) is 65.9 Å². The SMILES string of the molecule is c1ccc2c(C[n+]3csc4ccccc43)cccc2c1. The molecule has 0 amide bonds. The molecule has 0 N–H and O–H groups in total. The molecule has 0 spiro atoms. The van der Waals surface area contributed by atoms with Crippen molar-refractivity contribution >= 4 is 32.3 Å². The van der Waals surface area contributed by atoms with Crippen molar-refractivity contribution in [1.29, 1.82) is 0 Å². The van der Waals surface area contributed by atoms with Crippen LogP contribution >= 0.6 is 11.3 Å². The van der Waals surface area contributed by atoms with Crippen LogP contribution in [0.1, 0.15) is 5.56 Å². The summed E-state index contributed by atoms with van der Waals surface area (Å²) in [7, 11) is 0. The molecule has 0 unspecified atom stereocenters. The van der Waals surface area contributed by atoms with Gasteiger partial charge in [-0.2, -0.15) is 4.57 Å². The van der Waals surface area contributed by atoms with Gasteiger partial charge in [0.15, 0.2) is 6.54 Å². The highest BCUT2D eigenvalue weighted by molar-refractivity contribution is 7.16. The molecule has 1 heterocycles. The maximum Gasteiger partial charge on any atom is 0.226 e. The summed E-state index contributed by atoms with van der Waals surface area (Å²) in [5.41, 5.74) is 4.90. The third-order valence-electron chi connectivity index (χ3n) is 3.70. The first kappa shape index (κ1) is 11.6. The number of hydrogen-bond acceptors (Lipinski definition) is 1. The van der Waals surface area contributed by atoms with E-state index in [0.717, 1.165) is 6.54 Å². The minimum absolute atomic E-state index is 0.922. The Balaban J connectivity index is 1.85. The highest BCUT2D eigenvalue weighted by Gasteiger charge is 2.12. The molecule has 0 atom stereocenters. The summed E-state index contributed by atoms with van der Waals surface area (Å²) in [6.45, 7) is 0.922. The third-order valence-corrected chi connectivity index (χ3v) is 4.66. The lowest BCUT2D eigenvalue weighted by Crippen LogP contribution is -2.32. The van der Waals surface area contributed by atoms with Crippen molar-refractivity contribution in [2.24, 2.45) is 0 Å². The summed E-state index contributed by atoms with van der Waals surface area (Å²) < 4.78 is 3.68. The molecule has 0 bridgehead atoms. The van der Waals surface area contributed by atoms with Crippen LogP contribution in [0.15, 0.2) is 72.2 Å². The van der Waals surface area contributed by atoms with E-state index < -0.39 is 0 Å². The highest BCUT2D eigenvalue weighted by Crippen LogP contribution is 2.20. The van der Waals surface area contributed by atoms with Crippen LogP contribution in [0.5, 0.6) is 0 Å².